The molecule has 0 aliphatic carbocycles. The summed E-state index contributed by atoms with van der Waals surface area (Å²) in [6.07, 6.45) is 2.76. The van der Waals surface area contributed by atoms with E-state index in [0.29, 0.717) is 28.7 Å². The van der Waals surface area contributed by atoms with Gasteiger partial charge in [0.15, 0.2) is 15.7 Å². The molecule has 0 spiro atoms. The van der Waals surface area contributed by atoms with E-state index in [-0.39, 0.29) is 10.8 Å². The number of aromatic nitrogens is 2. The second-order valence-electron chi connectivity index (χ2n) is 6.39. The number of nitrogens with zero attached hydrogens (tertiary/aromatic N) is 4. The number of anilines is 5. The molecular weight excluding hydrogens is 398 g/mol. The number of rotatable bonds is 3. The molecule has 0 fully saturated rings. The van der Waals surface area contributed by atoms with Crippen LogP contribution in [0.1, 0.15) is 10.4 Å². The molecule has 2 aromatic heterocycles. The van der Waals surface area contributed by atoms with Gasteiger partial charge in [-0.3, -0.25) is 4.79 Å². The van der Waals surface area contributed by atoms with E-state index in [9.17, 15) is 13.2 Å². The lowest BCUT2D eigenvalue weighted by atomic mass is 10.3. The van der Waals surface area contributed by atoms with Gasteiger partial charge in [0.25, 0.3) is 5.91 Å². The van der Waals surface area contributed by atoms with Crippen LogP contribution < -0.4 is 15.1 Å². The van der Waals surface area contributed by atoms with Gasteiger partial charge in [-0.1, -0.05) is 0 Å². The van der Waals surface area contributed by atoms with Gasteiger partial charge in [-0.25, -0.2) is 13.4 Å². The van der Waals surface area contributed by atoms with Crippen LogP contribution in [0.5, 0.6) is 0 Å². The Hall–Kier alpha value is -2.98. The summed E-state index contributed by atoms with van der Waals surface area (Å²) >= 11 is 1.47. The highest BCUT2D eigenvalue weighted by atomic mass is 32.2. The first kappa shape index (κ1) is 18.4. The summed E-state index contributed by atoms with van der Waals surface area (Å²) < 4.78 is 23.2. The Morgan fingerprint density at radius 1 is 1.07 bits per heavy atom. The smallest absolute Gasteiger partial charge is 0.261 e. The lowest BCUT2D eigenvalue weighted by Gasteiger charge is -2.20. The number of amides is 1. The highest BCUT2D eigenvalue weighted by Crippen LogP contribution is 2.40. The summed E-state index contributed by atoms with van der Waals surface area (Å²) in [7, 11) is 0.304. The van der Waals surface area contributed by atoms with Crippen molar-refractivity contribution >= 4 is 55.2 Å². The van der Waals surface area contributed by atoms with Crippen LogP contribution >= 0.6 is 11.3 Å². The quantitative estimate of drug-likeness (QED) is 0.702. The maximum atomic E-state index is 12.7. The number of sulfone groups is 1. The fourth-order valence-electron chi connectivity index (χ4n) is 2.93. The van der Waals surface area contributed by atoms with Crippen molar-refractivity contribution in [3.05, 3.63) is 47.5 Å². The van der Waals surface area contributed by atoms with Crippen molar-refractivity contribution in [1.29, 1.82) is 0 Å². The summed E-state index contributed by atoms with van der Waals surface area (Å²) in [4.78, 5) is 25.2. The van der Waals surface area contributed by atoms with E-state index >= 15 is 0 Å². The molecule has 0 bridgehead atoms. The Morgan fingerprint density at radius 2 is 1.79 bits per heavy atom. The third kappa shape index (κ3) is 3.10. The van der Waals surface area contributed by atoms with Gasteiger partial charge in [0.05, 0.1) is 16.7 Å². The summed E-state index contributed by atoms with van der Waals surface area (Å²) in [6, 6.07) is 8.16. The Morgan fingerprint density at radius 3 is 2.46 bits per heavy atom. The Kier molecular flexibility index (Phi) is 4.31. The Bertz CT molecular complexity index is 1170. The normalized spacial score (nSPS) is 13.8. The van der Waals surface area contributed by atoms with Crippen molar-refractivity contribution in [1.82, 2.24) is 9.97 Å². The maximum Gasteiger partial charge on any atom is 0.261 e. The van der Waals surface area contributed by atoms with Crippen molar-refractivity contribution in [3.8, 4) is 0 Å². The van der Waals surface area contributed by atoms with Crippen LogP contribution in [0.25, 0.3) is 0 Å². The van der Waals surface area contributed by atoms with Crippen molar-refractivity contribution in [3.63, 3.8) is 0 Å². The third-order valence-corrected chi connectivity index (χ3v) is 6.57. The molecule has 1 amide bonds. The van der Waals surface area contributed by atoms with Gasteiger partial charge in [-0.05, 0) is 35.7 Å². The minimum Gasteiger partial charge on any atom is -0.324 e. The standard InChI is InChI=1S/C18H17N5O3S2/c1-22-14-10-19-18(20-11-4-6-12(7-5-11)28(3,25)26)21-15(14)23(2)17-13(16(22)24)8-9-27-17/h4-10H,1-3H3,(H,19,20,21). The molecule has 3 heterocycles. The minimum atomic E-state index is -3.25. The molecule has 0 radical (unpaired) electrons. The molecule has 10 heteroatoms. The van der Waals surface area contributed by atoms with E-state index in [1.165, 1.54) is 28.4 Å². The summed E-state index contributed by atoms with van der Waals surface area (Å²) in [5.41, 5.74) is 1.89. The monoisotopic (exact) mass is 415 g/mol. The molecule has 3 aromatic rings. The zero-order valence-electron chi connectivity index (χ0n) is 15.4. The van der Waals surface area contributed by atoms with E-state index in [4.69, 9.17) is 0 Å². The lowest BCUT2D eigenvalue weighted by molar-refractivity contribution is 0.0994. The van der Waals surface area contributed by atoms with Crippen LogP contribution in [0.3, 0.4) is 0 Å². The highest BCUT2D eigenvalue weighted by Gasteiger charge is 2.29. The fourth-order valence-corrected chi connectivity index (χ4v) is 4.43. The number of fused-ring (bicyclic) bond motifs is 2. The second-order valence-corrected chi connectivity index (χ2v) is 9.30. The van der Waals surface area contributed by atoms with Gasteiger partial charge in [0, 0.05) is 26.0 Å². The number of benzene rings is 1. The second kappa shape index (κ2) is 6.57. The molecule has 4 rings (SSSR count). The first-order chi connectivity index (χ1) is 13.3. The number of hydrogen-bond donors (Lipinski definition) is 1. The van der Waals surface area contributed by atoms with Crippen molar-refractivity contribution in [2.45, 2.75) is 4.90 Å². The molecule has 8 nitrogen and oxygen atoms in total. The van der Waals surface area contributed by atoms with Crippen LogP contribution in [0, 0.1) is 0 Å². The van der Waals surface area contributed by atoms with Gasteiger partial charge in [-0.15, -0.1) is 11.3 Å². The van der Waals surface area contributed by atoms with Gasteiger partial charge >= 0.3 is 0 Å². The topological polar surface area (TPSA) is 95.5 Å². The first-order valence-corrected chi connectivity index (χ1v) is 11.1. The number of thiophene rings is 1. The van der Waals surface area contributed by atoms with E-state index in [0.717, 1.165) is 11.3 Å². The molecule has 1 aliphatic rings. The van der Waals surface area contributed by atoms with Crippen LogP contribution in [-0.2, 0) is 9.84 Å². The molecule has 28 heavy (non-hydrogen) atoms. The largest absolute Gasteiger partial charge is 0.324 e. The van der Waals surface area contributed by atoms with E-state index in [1.807, 2.05) is 17.3 Å². The van der Waals surface area contributed by atoms with Crippen LogP contribution in [-0.4, -0.2) is 44.6 Å². The highest BCUT2D eigenvalue weighted by molar-refractivity contribution is 7.90. The van der Waals surface area contributed by atoms with Crippen molar-refractivity contribution in [2.75, 3.05) is 35.5 Å². The lowest BCUT2D eigenvalue weighted by Crippen LogP contribution is -2.25. The molecule has 0 saturated carbocycles. The van der Waals surface area contributed by atoms with Crippen LogP contribution in [0.4, 0.5) is 28.1 Å². The van der Waals surface area contributed by atoms with E-state index in [1.54, 1.807) is 31.4 Å². The van der Waals surface area contributed by atoms with Gasteiger partial charge in [0.2, 0.25) is 5.95 Å². The van der Waals surface area contributed by atoms with Crippen molar-refractivity contribution < 1.29 is 13.2 Å². The number of hydrogen-bond acceptors (Lipinski definition) is 8. The third-order valence-electron chi connectivity index (χ3n) is 4.45. The average Bonchev–Trinajstić information content (AvgIpc) is 3.13. The number of nitrogens with one attached hydrogen (secondary N) is 1. The molecule has 0 atom stereocenters. The summed E-state index contributed by atoms with van der Waals surface area (Å²) in [6.45, 7) is 0. The molecule has 0 unspecified atom stereocenters. The van der Waals surface area contributed by atoms with Crippen LogP contribution in [0.15, 0.2) is 46.8 Å². The molecule has 1 N–H and O–H groups in total. The fraction of sp³-hybridized carbons (Fsp3) is 0.167. The number of carbonyl (C=O) groups is 1. The zero-order valence-corrected chi connectivity index (χ0v) is 17.0. The van der Waals surface area contributed by atoms with Gasteiger partial charge in [-0.2, -0.15) is 4.98 Å². The molecule has 1 aromatic carbocycles. The predicted octanol–water partition coefficient (Wildman–Crippen LogP) is 3.04. The predicted molar refractivity (Wildman–Crippen MR) is 110 cm³/mol. The van der Waals surface area contributed by atoms with E-state index < -0.39 is 9.84 Å². The Labute approximate surface area is 166 Å². The first-order valence-electron chi connectivity index (χ1n) is 8.29. The molecule has 144 valence electrons. The minimum absolute atomic E-state index is 0.109. The Balaban J connectivity index is 1.70. The molecule has 1 aliphatic heterocycles. The van der Waals surface area contributed by atoms with Crippen molar-refractivity contribution in [2.24, 2.45) is 0 Å². The maximum absolute atomic E-state index is 12.7. The summed E-state index contributed by atoms with van der Waals surface area (Å²) in [5.74, 6) is 0.836. The molecule has 0 saturated heterocycles. The van der Waals surface area contributed by atoms with Crippen LogP contribution in [0.2, 0.25) is 0 Å². The number of carbonyl (C=O) groups excluding carboxylic acids is 1. The van der Waals surface area contributed by atoms with Gasteiger partial charge in [0.1, 0.15) is 10.7 Å². The summed E-state index contributed by atoms with van der Waals surface area (Å²) in [5, 5.41) is 5.77. The zero-order chi connectivity index (χ0) is 20.1. The SMILES string of the molecule is CN1C(=O)c2ccsc2N(C)c2nc(Nc3ccc(S(C)(=O)=O)cc3)ncc21. The van der Waals surface area contributed by atoms with E-state index in [2.05, 4.69) is 15.3 Å². The molecular formula is C18H17N5O3S2. The average molecular weight is 416 g/mol. The van der Waals surface area contributed by atoms with Gasteiger partial charge < -0.3 is 15.1 Å².